The minimum Gasteiger partial charge on any atom is -0.449 e. The van der Waals surface area contributed by atoms with Gasteiger partial charge in [-0.2, -0.15) is 0 Å². The summed E-state index contributed by atoms with van der Waals surface area (Å²) in [6.07, 6.45) is -1.08. The Kier molecular flexibility index (Phi) is 5.68. The molecule has 8 heteroatoms. The molecular formula is C19H16N2O4S2. The van der Waals surface area contributed by atoms with Crippen molar-refractivity contribution in [3.05, 3.63) is 63.7 Å². The molecule has 0 aliphatic heterocycles. The number of anilines is 1. The van der Waals surface area contributed by atoms with E-state index < -0.39 is 18.0 Å². The topological polar surface area (TPSA) is 98.5 Å². The number of esters is 1. The number of primary amides is 1. The van der Waals surface area contributed by atoms with E-state index in [4.69, 9.17) is 10.5 Å². The van der Waals surface area contributed by atoms with E-state index in [9.17, 15) is 14.4 Å². The number of ether oxygens (including phenoxy) is 1. The second kappa shape index (κ2) is 8.15. The Balaban J connectivity index is 1.98. The number of nitrogens with two attached hydrogens (primary N) is 1. The fourth-order valence-corrected chi connectivity index (χ4v) is 3.90. The number of carbonyl (C=O) groups excluding carboxylic acids is 3. The second-order valence-electron chi connectivity index (χ2n) is 5.60. The SMILES string of the molecule is C[C@H](OC(=O)c1c(-c2ccccc2)csc1NC(=O)c1cccs1)C(N)=O. The van der Waals surface area contributed by atoms with Crippen LogP contribution >= 0.6 is 22.7 Å². The van der Waals surface area contributed by atoms with E-state index >= 15 is 0 Å². The van der Waals surface area contributed by atoms with Gasteiger partial charge in [0.05, 0.1) is 4.88 Å². The van der Waals surface area contributed by atoms with E-state index in [0.717, 1.165) is 5.56 Å². The lowest BCUT2D eigenvalue weighted by Crippen LogP contribution is -2.30. The van der Waals surface area contributed by atoms with Gasteiger partial charge >= 0.3 is 5.97 Å². The molecule has 138 valence electrons. The number of carbonyl (C=O) groups is 3. The maximum Gasteiger partial charge on any atom is 0.342 e. The molecule has 0 saturated heterocycles. The van der Waals surface area contributed by atoms with Gasteiger partial charge in [0.25, 0.3) is 11.8 Å². The van der Waals surface area contributed by atoms with Crippen molar-refractivity contribution < 1.29 is 19.1 Å². The Labute approximate surface area is 163 Å². The van der Waals surface area contributed by atoms with Gasteiger partial charge in [0.2, 0.25) is 0 Å². The molecule has 0 unspecified atom stereocenters. The zero-order chi connectivity index (χ0) is 19.4. The molecule has 3 rings (SSSR count). The summed E-state index contributed by atoms with van der Waals surface area (Å²) in [5.74, 6) is -1.78. The lowest BCUT2D eigenvalue weighted by atomic mass is 10.0. The monoisotopic (exact) mass is 400 g/mol. The molecule has 3 N–H and O–H groups in total. The maximum atomic E-state index is 12.7. The molecular weight excluding hydrogens is 384 g/mol. The molecule has 0 aliphatic carbocycles. The molecule has 1 aromatic carbocycles. The first kappa shape index (κ1) is 18.8. The second-order valence-corrected chi connectivity index (χ2v) is 7.43. The van der Waals surface area contributed by atoms with E-state index in [0.29, 0.717) is 15.4 Å². The largest absolute Gasteiger partial charge is 0.449 e. The smallest absolute Gasteiger partial charge is 0.342 e. The molecule has 6 nitrogen and oxygen atoms in total. The summed E-state index contributed by atoms with van der Waals surface area (Å²) in [5.41, 5.74) is 6.80. The van der Waals surface area contributed by atoms with Crippen LogP contribution in [0.5, 0.6) is 0 Å². The predicted octanol–water partition coefficient (Wildman–Crippen LogP) is 3.76. The Bertz CT molecular complexity index is 965. The van der Waals surface area contributed by atoms with Crippen LogP contribution in [0.2, 0.25) is 0 Å². The quantitative estimate of drug-likeness (QED) is 0.616. The van der Waals surface area contributed by atoms with E-state index in [1.165, 1.54) is 29.6 Å². The van der Waals surface area contributed by atoms with Gasteiger partial charge in [-0.1, -0.05) is 36.4 Å². The van der Waals surface area contributed by atoms with Crippen LogP contribution < -0.4 is 11.1 Å². The summed E-state index contributed by atoms with van der Waals surface area (Å²) >= 11 is 2.51. The highest BCUT2D eigenvalue weighted by Crippen LogP contribution is 2.36. The third-order valence-electron chi connectivity index (χ3n) is 3.74. The van der Waals surface area contributed by atoms with Crippen LogP contribution in [0.15, 0.2) is 53.2 Å². The van der Waals surface area contributed by atoms with E-state index in [1.54, 1.807) is 22.9 Å². The number of benzene rings is 1. The van der Waals surface area contributed by atoms with Crippen molar-refractivity contribution in [2.24, 2.45) is 5.73 Å². The van der Waals surface area contributed by atoms with Crippen molar-refractivity contribution >= 4 is 45.5 Å². The van der Waals surface area contributed by atoms with Crippen molar-refractivity contribution in [1.82, 2.24) is 0 Å². The molecule has 2 amide bonds. The standard InChI is InChI=1S/C19H16N2O4S2/c1-11(16(20)22)25-19(24)15-13(12-6-3-2-4-7-12)10-27-18(15)21-17(23)14-8-5-9-26-14/h2-11H,1H3,(H2,20,22)(H,21,23)/t11-/m0/s1. The molecule has 1 atom stereocenters. The van der Waals surface area contributed by atoms with Gasteiger partial charge in [-0.15, -0.1) is 22.7 Å². The number of hydrogen-bond donors (Lipinski definition) is 2. The highest BCUT2D eigenvalue weighted by atomic mass is 32.1. The van der Waals surface area contributed by atoms with Crippen LogP contribution in [0.3, 0.4) is 0 Å². The summed E-state index contributed by atoms with van der Waals surface area (Å²) in [5, 5.41) is 6.68. The molecule has 0 radical (unpaired) electrons. The van der Waals surface area contributed by atoms with Crippen molar-refractivity contribution in [3.8, 4) is 11.1 Å². The van der Waals surface area contributed by atoms with Crippen molar-refractivity contribution in [1.29, 1.82) is 0 Å². The molecule has 2 aromatic heterocycles. The first-order valence-electron chi connectivity index (χ1n) is 7.99. The number of amides is 2. The molecule has 0 fully saturated rings. The first-order chi connectivity index (χ1) is 13.0. The molecule has 27 heavy (non-hydrogen) atoms. The van der Waals surface area contributed by atoms with Crippen LogP contribution in [0, 0.1) is 0 Å². The average Bonchev–Trinajstić information content (AvgIpc) is 3.32. The highest BCUT2D eigenvalue weighted by molar-refractivity contribution is 7.15. The number of thiophene rings is 2. The molecule has 0 saturated carbocycles. The fourth-order valence-electron chi connectivity index (χ4n) is 2.33. The van der Waals surface area contributed by atoms with Gasteiger partial charge in [-0.25, -0.2) is 4.79 Å². The fraction of sp³-hybridized carbons (Fsp3) is 0.105. The predicted molar refractivity (Wildman–Crippen MR) is 106 cm³/mol. The van der Waals surface area contributed by atoms with Gasteiger partial charge < -0.3 is 15.8 Å². The molecule has 2 heterocycles. The van der Waals surface area contributed by atoms with Crippen LogP contribution in [0.1, 0.15) is 27.0 Å². The number of nitrogens with one attached hydrogen (secondary N) is 1. The minimum atomic E-state index is -1.08. The van der Waals surface area contributed by atoms with Crippen LogP contribution in [-0.2, 0) is 9.53 Å². The highest BCUT2D eigenvalue weighted by Gasteiger charge is 2.26. The summed E-state index contributed by atoms with van der Waals surface area (Å²) < 4.78 is 5.18. The Morgan fingerprint density at radius 1 is 1.07 bits per heavy atom. The lowest BCUT2D eigenvalue weighted by Gasteiger charge is -2.12. The Morgan fingerprint density at radius 2 is 1.81 bits per heavy atom. The molecule has 0 aliphatic rings. The van der Waals surface area contributed by atoms with Gasteiger partial charge in [0.1, 0.15) is 10.6 Å². The van der Waals surface area contributed by atoms with Crippen LogP contribution in [0.25, 0.3) is 11.1 Å². The summed E-state index contributed by atoms with van der Waals surface area (Å²) in [6.45, 7) is 1.40. The van der Waals surface area contributed by atoms with Gasteiger partial charge in [0, 0.05) is 10.9 Å². The van der Waals surface area contributed by atoms with Gasteiger partial charge in [0.15, 0.2) is 6.10 Å². The van der Waals surface area contributed by atoms with Crippen molar-refractivity contribution in [2.45, 2.75) is 13.0 Å². The first-order valence-corrected chi connectivity index (χ1v) is 9.75. The van der Waals surface area contributed by atoms with Gasteiger partial charge in [-0.05, 0) is 23.9 Å². The van der Waals surface area contributed by atoms with E-state index in [-0.39, 0.29) is 11.5 Å². The minimum absolute atomic E-state index is 0.198. The summed E-state index contributed by atoms with van der Waals surface area (Å²) in [4.78, 5) is 36.9. The third-order valence-corrected chi connectivity index (χ3v) is 5.50. The van der Waals surface area contributed by atoms with E-state index in [1.807, 2.05) is 30.3 Å². The lowest BCUT2D eigenvalue weighted by molar-refractivity contribution is -0.125. The van der Waals surface area contributed by atoms with Crippen molar-refractivity contribution in [3.63, 3.8) is 0 Å². The summed E-state index contributed by atoms with van der Waals surface area (Å²) in [6, 6.07) is 12.7. The molecule has 3 aromatic rings. The van der Waals surface area contributed by atoms with Gasteiger partial charge in [-0.3, -0.25) is 9.59 Å². The molecule has 0 spiro atoms. The van der Waals surface area contributed by atoms with Crippen LogP contribution in [0.4, 0.5) is 5.00 Å². The normalized spacial score (nSPS) is 11.6. The average molecular weight is 400 g/mol. The van der Waals surface area contributed by atoms with E-state index in [2.05, 4.69) is 5.32 Å². The Hall–Kier alpha value is -2.97. The molecule has 0 bridgehead atoms. The van der Waals surface area contributed by atoms with Crippen LogP contribution in [-0.4, -0.2) is 23.9 Å². The van der Waals surface area contributed by atoms with Crippen molar-refractivity contribution in [2.75, 3.05) is 5.32 Å². The zero-order valence-corrected chi connectivity index (χ0v) is 15.9. The number of hydrogen-bond acceptors (Lipinski definition) is 6. The third kappa shape index (κ3) is 4.24. The summed E-state index contributed by atoms with van der Waals surface area (Å²) in [7, 11) is 0. The number of rotatable bonds is 6. The Morgan fingerprint density at radius 3 is 2.44 bits per heavy atom. The zero-order valence-electron chi connectivity index (χ0n) is 14.3. The maximum absolute atomic E-state index is 12.7.